The Kier molecular flexibility index (Phi) is 4.08. The van der Waals surface area contributed by atoms with Crippen LogP contribution in [0, 0.1) is 16.7 Å². The molecule has 5 nitrogen and oxygen atoms in total. The fraction of sp³-hybridized carbons (Fsp3) is 0.714. The second kappa shape index (κ2) is 4.95. The Morgan fingerprint density at radius 2 is 1.79 bits per heavy atom. The number of nitrogens with zero attached hydrogens (tertiary/aromatic N) is 2. The Morgan fingerprint density at radius 3 is 2.16 bits per heavy atom. The molecule has 0 radical (unpaired) electrons. The second-order valence-corrected chi connectivity index (χ2v) is 6.70. The predicted molar refractivity (Wildman–Crippen MR) is 72.4 cm³/mol. The van der Waals surface area contributed by atoms with E-state index in [4.69, 9.17) is 4.84 Å². The molecule has 1 aliphatic heterocycles. The van der Waals surface area contributed by atoms with Crippen LogP contribution in [-0.4, -0.2) is 22.1 Å². The minimum absolute atomic E-state index is 0.312. The van der Waals surface area contributed by atoms with Gasteiger partial charge >= 0.3 is 5.97 Å². The SMILES string of the molecule is C=CC(=O)ONN1C(C)(C)CC(C)(C#N)CC1(C)C. The van der Waals surface area contributed by atoms with E-state index in [-0.39, 0.29) is 16.5 Å². The highest BCUT2D eigenvalue weighted by molar-refractivity contribution is 5.80. The maximum absolute atomic E-state index is 11.2. The molecule has 0 aromatic carbocycles. The largest absolute Gasteiger partial charge is 0.352 e. The monoisotopic (exact) mass is 265 g/mol. The van der Waals surface area contributed by atoms with Gasteiger partial charge in [0.1, 0.15) is 0 Å². The van der Waals surface area contributed by atoms with E-state index in [1.807, 2.05) is 39.6 Å². The lowest BCUT2D eigenvalue weighted by Crippen LogP contribution is -2.67. The van der Waals surface area contributed by atoms with Crippen LogP contribution in [0.15, 0.2) is 12.7 Å². The lowest BCUT2D eigenvalue weighted by molar-refractivity contribution is -0.202. The summed E-state index contributed by atoms with van der Waals surface area (Å²) in [5, 5.41) is 11.3. The third-order valence-electron chi connectivity index (χ3n) is 3.53. The molecule has 0 bridgehead atoms. The van der Waals surface area contributed by atoms with Crippen molar-refractivity contribution in [2.24, 2.45) is 5.41 Å². The molecule has 106 valence electrons. The van der Waals surface area contributed by atoms with E-state index in [0.29, 0.717) is 12.8 Å². The van der Waals surface area contributed by atoms with Crippen LogP contribution in [0.5, 0.6) is 0 Å². The standard InChI is InChI=1S/C14H23N3O2/c1-7-11(18)19-16-17-12(2,3)8-14(6,10-15)9-13(17,4)5/h7,16H,1,8-9H2,2-6H3. The Bertz CT molecular complexity index is 403. The van der Waals surface area contributed by atoms with Gasteiger partial charge in [-0.05, 0) is 47.5 Å². The Morgan fingerprint density at radius 1 is 1.32 bits per heavy atom. The average Bonchev–Trinajstić information content (AvgIpc) is 2.25. The minimum Gasteiger partial charge on any atom is -0.352 e. The number of hydrazine groups is 1. The van der Waals surface area contributed by atoms with Gasteiger partial charge in [0, 0.05) is 17.2 Å². The summed E-state index contributed by atoms with van der Waals surface area (Å²) in [5.41, 5.74) is 1.71. The zero-order chi connectivity index (χ0) is 14.9. The molecule has 0 amide bonds. The summed E-state index contributed by atoms with van der Waals surface area (Å²) in [6.45, 7) is 13.4. The van der Waals surface area contributed by atoms with Crippen LogP contribution in [-0.2, 0) is 9.63 Å². The van der Waals surface area contributed by atoms with Crippen LogP contribution < -0.4 is 5.59 Å². The summed E-state index contributed by atoms with van der Waals surface area (Å²) in [6.07, 6.45) is 2.49. The first-order chi connectivity index (χ1) is 8.56. The number of carbonyl (C=O) groups is 1. The van der Waals surface area contributed by atoms with E-state index < -0.39 is 5.97 Å². The van der Waals surface area contributed by atoms with Crippen LogP contribution in [0.2, 0.25) is 0 Å². The molecule has 1 saturated heterocycles. The van der Waals surface area contributed by atoms with Gasteiger partial charge in [0.2, 0.25) is 0 Å². The molecule has 0 aliphatic carbocycles. The van der Waals surface area contributed by atoms with Crippen molar-refractivity contribution in [2.45, 2.75) is 58.5 Å². The van der Waals surface area contributed by atoms with Gasteiger partial charge in [-0.2, -0.15) is 5.26 Å². The predicted octanol–water partition coefficient (Wildman–Crippen LogP) is 2.32. The molecule has 0 aromatic rings. The van der Waals surface area contributed by atoms with E-state index in [1.165, 1.54) is 0 Å². The van der Waals surface area contributed by atoms with Gasteiger partial charge in [-0.15, -0.1) is 0 Å². The van der Waals surface area contributed by atoms with Crippen molar-refractivity contribution in [1.29, 1.82) is 5.26 Å². The first-order valence-corrected chi connectivity index (χ1v) is 6.37. The number of rotatable bonds is 3. The van der Waals surface area contributed by atoms with Gasteiger partial charge in [0.05, 0.1) is 11.5 Å². The van der Waals surface area contributed by atoms with E-state index in [9.17, 15) is 10.1 Å². The average molecular weight is 265 g/mol. The van der Waals surface area contributed by atoms with Gasteiger partial charge in [0.25, 0.3) is 0 Å². The normalized spacial score (nSPS) is 24.2. The van der Waals surface area contributed by atoms with Crippen LogP contribution in [0.25, 0.3) is 0 Å². The Hall–Kier alpha value is -1.38. The molecule has 1 fully saturated rings. The van der Waals surface area contributed by atoms with Gasteiger partial charge in [-0.1, -0.05) is 12.2 Å². The number of nitriles is 1. The van der Waals surface area contributed by atoms with E-state index in [2.05, 4.69) is 18.2 Å². The molecule has 0 spiro atoms. The van der Waals surface area contributed by atoms with Gasteiger partial charge in [-0.25, -0.2) is 9.80 Å². The summed E-state index contributed by atoms with van der Waals surface area (Å²) in [6, 6.07) is 2.41. The van der Waals surface area contributed by atoms with Crippen molar-refractivity contribution >= 4 is 5.97 Å². The fourth-order valence-electron chi connectivity index (χ4n) is 3.41. The van der Waals surface area contributed by atoms with Crippen LogP contribution in [0.3, 0.4) is 0 Å². The molecule has 0 atom stereocenters. The highest BCUT2D eigenvalue weighted by atomic mass is 16.7. The topological polar surface area (TPSA) is 65.4 Å². The van der Waals surface area contributed by atoms with Crippen molar-refractivity contribution < 1.29 is 9.63 Å². The van der Waals surface area contributed by atoms with E-state index >= 15 is 0 Å². The summed E-state index contributed by atoms with van der Waals surface area (Å²) in [4.78, 5) is 16.1. The highest BCUT2D eigenvalue weighted by Gasteiger charge is 2.51. The van der Waals surface area contributed by atoms with Gasteiger partial charge < -0.3 is 4.84 Å². The summed E-state index contributed by atoms with van der Waals surface area (Å²) in [7, 11) is 0. The molecule has 5 heteroatoms. The maximum Gasteiger partial charge on any atom is 0.350 e. The Labute approximate surface area is 115 Å². The quantitative estimate of drug-likeness (QED) is 0.626. The van der Waals surface area contributed by atoms with Crippen LogP contribution in [0.1, 0.15) is 47.5 Å². The van der Waals surface area contributed by atoms with E-state index in [0.717, 1.165) is 6.08 Å². The first kappa shape index (κ1) is 15.7. The lowest BCUT2D eigenvalue weighted by Gasteiger charge is -2.55. The van der Waals surface area contributed by atoms with Gasteiger partial charge in [0.15, 0.2) is 0 Å². The molecule has 1 heterocycles. The van der Waals surface area contributed by atoms with Crippen molar-refractivity contribution in [2.75, 3.05) is 0 Å². The molecule has 0 saturated carbocycles. The minimum atomic E-state index is -0.528. The zero-order valence-corrected chi connectivity index (χ0v) is 12.4. The van der Waals surface area contributed by atoms with Crippen molar-refractivity contribution in [3.05, 3.63) is 12.7 Å². The highest BCUT2D eigenvalue weighted by Crippen LogP contribution is 2.46. The second-order valence-electron chi connectivity index (χ2n) is 6.70. The third-order valence-corrected chi connectivity index (χ3v) is 3.53. The maximum atomic E-state index is 11.2. The number of carbonyl (C=O) groups excluding carboxylic acids is 1. The number of piperidine rings is 1. The molecule has 1 N–H and O–H groups in total. The fourth-order valence-corrected chi connectivity index (χ4v) is 3.41. The molecule has 0 unspecified atom stereocenters. The summed E-state index contributed by atoms with van der Waals surface area (Å²) < 4.78 is 0. The lowest BCUT2D eigenvalue weighted by atomic mass is 9.67. The molecular formula is C14H23N3O2. The molecule has 0 aromatic heterocycles. The third kappa shape index (κ3) is 3.34. The van der Waals surface area contributed by atoms with Crippen molar-refractivity contribution in [3.63, 3.8) is 0 Å². The molecule has 1 aliphatic rings. The van der Waals surface area contributed by atoms with E-state index in [1.54, 1.807) is 0 Å². The van der Waals surface area contributed by atoms with Crippen LogP contribution in [0.4, 0.5) is 0 Å². The summed E-state index contributed by atoms with van der Waals surface area (Å²) in [5.74, 6) is -0.528. The van der Waals surface area contributed by atoms with Crippen molar-refractivity contribution in [3.8, 4) is 6.07 Å². The molecular weight excluding hydrogens is 242 g/mol. The number of hydrogen-bond donors (Lipinski definition) is 1. The van der Waals surface area contributed by atoms with Gasteiger partial charge in [-0.3, -0.25) is 0 Å². The van der Waals surface area contributed by atoms with Crippen molar-refractivity contribution in [1.82, 2.24) is 10.6 Å². The van der Waals surface area contributed by atoms with Crippen LogP contribution >= 0.6 is 0 Å². The molecule has 19 heavy (non-hydrogen) atoms. The number of hydrogen-bond acceptors (Lipinski definition) is 5. The zero-order valence-electron chi connectivity index (χ0n) is 12.4. The molecule has 1 rings (SSSR count). The summed E-state index contributed by atoms with van der Waals surface area (Å²) >= 11 is 0. The Balaban J connectivity index is 2.95. The smallest absolute Gasteiger partial charge is 0.350 e. The first-order valence-electron chi connectivity index (χ1n) is 6.37. The number of nitrogens with one attached hydrogen (secondary N) is 1.